The molecule has 3 heteroatoms. The molecule has 0 aliphatic heterocycles. The number of fused-ring (bicyclic) bond motifs is 2. The molecule has 0 heterocycles. The zero-order valence-electron chi connectivity index (χ0n) is 23.3. The molecule has 0 nitrogen and oxygen atoms in total. The van der Waals surface area contributed by atoms with Crippen LogP contribution in [0.1, 0.15) is 84.5 Å². The predicted octanol–water partition coefficient (Wildman–Crippen LogP) is 7.92. The molecule has 6 rings (SSSR count). The average Bonchev–Trinajstić information content (AvgIpc) is 3.67. The van der Waals surface area contributed by atoms with Gasteiger partial charge in [-0.15, -0.1) is 0 Å². The second kappa shape index (κ2) is 11.8. The predicted molar refractivity (Wildman–Crippen MR) is 170 cm³/mol. The minimum Gasteiger partial charge on any atom is -0.0884 e. The Morgan fingerprint density at radius 3 is 2.16 bits per heavy atom. The van der Waals surface area contributed by atoms with Crippen molar-refractivity contribution in [2.75, 3.05) is 0 Å². The summed E-state index contributed by atoms with van der Waals surface area (Å²) in [7, 11) is -2.34. The van der Waals surface area contributed by atoms with E-state index in [4.69, 9.17) is 0 Å². The molecular formula is C34H49BrSi2. The highest BCUT2D eigenvalue weighted by Gasteiger charge is 2.56. The first-order valence-corrected chi connectivity index (χ1v) is 22.0. The molecule has 0 N–H and O–H groups in total. The largest absolute Gasteiger partial charge is 0.0884 e. The monoisotopic (exact) mass is 592 g/mol. The molecule has 11 atom stereocenters. The SMILES string of the molecule is CCCCC1CCC([SiH](c2ccccc2)[SiH](c2ccccc2)C2C(C)CC3C(Br)C4CCCC4CC32)C1. The van der Waals surface area contributed by atoms with Gasteiger partial charge in [-0.3, -0.25) is 0 Å². The zero-order valence-corrected chi connectivity index (χ0v) is 27.2. The van der Waals surface area contributed by atoms with Crippen LogP contribution in [0.15, 0.2) is 60.7 Å². The summed E-state index contributed by atoms with van der Waals surface area (Å²) in [6, 6.07) is 24.4. The molecule has 37 heavy (non-hydrogen) atoms. The van der Waals surface area contributed by atoms with Crippen LogP contribution in [0.4, 0.5) is 0 Å². The first kappa shape index (κ1) is 26.6. The lowest BCUT2D eigenvalue weighted by atomic mass is 9.71. The number of hydrogen-bond acceptors (Lipinski definition) is 0. The normalized spacial score (nSPS) is 38.7. The standard InChI is InChI=1S/C34H49BrSi2/c1-3-4-12-25-19-20-29(22-25)36(27-14-7-5-8-15-27)37(28-16-9-6-10-17-28)34-24(2)21-31-32(34)23-26-13-11-18-30(26)33(31)35/h5-10,14-17,24-26,29-34,36-37H,3-4,11-13,18-23H2,1-2H3. The fraction of sp³-hybridized carbons (Fsp3) is 0.647. The zero-order chi connectivity index (χ0) is 25.4. The molecule has 4 saturated carbocycles. The highest BCUT2D eigenvalue weighted by molar-refractivity contribution is 9.09. The summed E-state index contributed by atoms with van der Waals surface area (Å²) in [6.07, 6.45) is 16.4. The van der Waals surface area contributed by atoms with Gasteiger partial charge in [-0.05, 0) is 65.9 Å². The quantitative estimate of drug-likeness (QED) is 0.216. The number of rotatable bonds is 8. The van der Waals surface area contributed by atoms with Gasteiger partial charge in [0, 0.05) is 4.83 Å². The smallest absolute Gasteiger partial charge is 0.0705 e. The number of benzene rings is 2. The summed E-state index contributed by atoms with van der Waals surface area (Å²) in [4.78, 5) is 0.790. The summed E-state index contributed by atoms with van der Waals surface area (Å²) in [5.41, 5.74) is 2.02. The van der Waals surface area contributed by atoms with Crippen molar-refractivity contribution >= 4 is 42.9 Å². The molecule has 0 amide bonds. The van der Waals surface area contributed by atoms with Crippen molar-refractivity contribution in [2.45, 2.75) is 100 Å². The lowest BCUT2D eigenvalue weighted by Gasteiger charge is -2.45. The highest BCUT2D eigenvalue weighted by Crippen LogP contribution is 2.61. The Hall–Kier alpha value is -0.646. The van der Waals surface area contributed by atoms with Gasteiger partial charge in [-0.2, -0.15) is 0 Å². The van der Waals surface area contributed by atoms with E-state index in [9.17, 15) is 0 Å². The maximum atomic E-state index is 4.37. The Kier molecular flexibility index (Phi) is 8.51. The maximum Gasteiger partial charge on any atom is 0.0705 e. The second-order valence-corrected chi connectivity index (χ2v) is 24.1. The number of unbranched alkanes of at least 4 members (excludes halogenated alkanes) is 1. The summed E-state index contributed by atoms with van der Waals surface area (Å²) in [6.45, 7) is 5.07. The van der Waals surface area contributed by atoms with Gasteiger partial charge in [0.25, 0.3) is 0 Å². The summed E-state index contributed by atoms with van der Waals surface area (Å²) < 4.78 is 0. The van der Waals surface area contributed by atoms with Crippen LogP contribution in [0, 0.1) is 35.5 Å². The first-order valence-electron chi connectivity index (χ1n) is 15.9. The van der Waals surface area contributed by atoms with Gasteiger partial charge in [0.15, 0.2) is 0 Å². The van der Waals surface area contributed by atoms with Crippen LogP contribution in [0.2, 0.25) is 11.1 Å². The second-order valence-electron chi connectivity index (χ2n) is 13.6. The highest BCUT2D eigenvalue weighted by atomic mass is 79.9. The van der Waals surface area contributed by atoms with Gasteiger partial charge in [0.1, 0.15) is 0 Å². The molecule has 0 radical (unpaired) electrons. The minimum atomic E-state index is -1.19. The molecule has 2 aromatic carbocycles. The summed E-state index contributed by atoms with van der Waals surface area (Å²) in [5.74, 6) is 5.80. The summed E-state index contributed by atoms with van der Waals surface area (Å²) in [5, 5.41) is 3.65. The first-order chi connectivity index (χ1) is 18.2. The van der Waals surface area contributed by atoms with Crippen molar-refractivity contribution in [3.63, 3.8) is 0 Å². The Bertz CT molecular complexity index is 995. The van der Waals surface area contributed by atoms with Crippen LogP contribution < -0.4 is 10.4 Å². The third-order valence-corrected chi connectivity index (χ3v) is 27.3. The van der Waals surface area contributed by atoms with Gasteiger partial charge < -0.3 is 0 Å². The van der Waals surface area contributed by atoms with Gasteiger partial charge in [-0.1, -0.05) is 152 Å². The van der Waals surface area contributed by atoms with Crippen molar-refractivity contribution in [3.8, 4) is 0 Å². The van der Waals surface area contributed by atoms with Crippen molar-refractivity contribution in [1.82, 2.24) is 0 Å². The molecule has 4 aliphatic carbocycles. The maximum absolute atomic E-state index is 4.37. The fourth-order valence-electron chi connectivity index (χ4n) is 10.2. The van der Waals surface area contributed by atoms with E-state index in [1.54, 1.807) is 12.8 Å². The third kappa shape index (κ3) is 5.27. The lowest BCUT2D eigenvalue weighted by Crippen LogP contribution is -2.59. The molecule has 0 bridgehead atoms. The van der Waals surface area contributed by atoms with Crippen LogP contribution >= 0.6 is 15.9 Å². The van der Waals surface area contributed by atoms with Gasteiger partial charge >= 0.3 is 0 Å². The Labute approximate surface area is 238 Å². The molecule has 2 aromatic rings. The molecule has 4 fully saturated rings. The molecule has 0 aromatic heterocycles. The van der Waals surface area contributed by atoms with E-state index in [2.05, 4.69) is 90.4 Å². The molecule has 0 spiro atoms. The van der Waals surface area contributed by atoms with Crippen molar-refractivity contribution < 1.29 is 0 Å². The van der Waals surface area contributed by atoms with Crippen LogP contribution in [-0.4, -0.2) is 21.5 Å². The van der Waals surface area contributed by atoms with Crippen molar-refractivity contribution in [2.24, 2.45) is 35.5 Å². The number of alkyl halides is 1. The van der Waals surface area contributed by atoms with E-state index in [0.29, 0.717) is 0 Å². The van der Waals surface area contributed by atoms with Crippen LogP contribution in [0.3, 0.4) is 0 Å². The number of hydrogen-bond donors (Lipinski definition) is 0. The minimum absolute atomic E-state index is 0.790. The summed E-state index contributed by atoms with van der Waals surface area (Å²) >= 11 is 4.37. The molecule has 200 valence electrons. The molecule has 4 aliphatic rings. The van der Waals surface area contributed by atoms with E-state index < -0.39 is 16.6 Å². The van der Waals surface area contributed by atoms with Crippen LogP contribution in [0.25, 0.3) is 0 Å². The van der Waals surface area contributed by atoms with Crippen LogP contribution in [-0.2, 0) is 0 Å². The van der Waals surface area contributed by atoms with Crippen molar-refractivity contribution in [1.29, 1.82) is 0 Å². The van der Waals surface area contributed by atoms with Gasteiger partial charge in [0.05, 0.1) is 16.6 Å². The van der Waals surface area contributed by atoms with Gasteiger partial charge in [0.2, 0.25) is 0 Å². The average molecular weight is 594 g/mol. The number of halogens is 1. The fourth-order valence-corrected chi connectivity index (χ4v) is 28.9. The topological polar surface area (TPSA) is 0 Å². The van der Waals surface area contributed by atoms with Crippen LogP contribution in [0.5, 0.6) is 0 Å². The molecule has 11 unspecified atom stereocenters. The van der Waals surface area contributed by atoms with Crippen molar-refractivity contribution in [3.05, 3.63) is 60.7 Å². The van der Waals surface area contributed by atoms with E-state index >= 15 is 0 Å². The van der Waals surface area contributed by atoms with E-state index in [0.717, 1.165) is 51.4 Å². The van der Waals surface area contributed by atoms with E-state index in [1.807, 2.05) is 10.4 Å². The Balaban J connectivity index is 1.40. The Morgan fingerprint density at radius 1 is 0.757 bits per heavy atom. The Morgan fingerprint density at radius 2 is 1.46 bits per heavy atom. The molecule has 0 saturated heterocycles. The van der Waals surface area contributed by atoms with Gasteiger partial charge in [-0.25, -0.2) is 0 Å². The molecular weight excluding hydrogens is 544 g/mol. The van der Waals surface area contributed by atoms with E-state index in [1.165, 1.54) is 57.8 Å². The van der Waals surface area contributed by atoms with E-state index in [-0.39, 0.29) is 0 Å². The third-order valence-electron chi connectivity index (χ3n) is 11.7. The lowest BCUT2D eigenvalue weighted by molar-refractivity contribution is 0.169.